The molecule has 0 saturated heterocycles. The molecule has 1 aromatic heterocycles. The summed E-state index contributed by atoms with van der Waals surface area (Å²) in [7, 11) is 0. The molecule has 0 radical (unpaired) electrons. The Hall–Kier alpha value is -0.340. The molecule has 0 aliphatic rings. The number of aromatic nitrogens is 1. The summed E-state index contributed by atoms with van der Waals surface area (Å²) in [4.78, 5) is 4.64. The number of halogens is 1. The minimum atomic E-state index is 0.135. The Morgan fingerprint density at radius 3 is 2.50 bits per heavy atom. The molecule has 0 atom stereocenters. The highest BCUT2D eigenvalue weighted by Gasteiger charge is 2.17. The first-order chi connectivity index (χ1) is 7.34. The Balaban J connectivity index is 2.95. The van der Waals surface area contributed by atoms with Crippen molar-refractivity contribution in [2.24, 2.45) is 5.92 Å². The quantitative estimate of drug-likeness (QED) is 0.714. The SMILES string of the molecule is CC(C)C(=Cc1csc(C(C)(C)C)n1)CCl. The normalized spacial score (nSPS) is 13.6. The van der Waals surface area contributed by atoms with Crippen LogP contribution in [0.4, 0.5) is 0 Å². The molecule has 3 heteroatoms. The van der Waals surface area contributed by atoms with Gasteiger partial charge in [-0.15, -0.1) is 22.9 Å². The van der Waals surface area contributed by atoms with E-state index in [-0.39, 0.29) is 5.41 Å². The first kappa shape index (κ1) is 13.7. The third kappa shape index (κ3) is 3.60. The second-order valence-corrected chi connectivity index (χ2v) is 6.46. The molecule has 0 aliphatic carbocycles. The van der Waals surface area contributed by atoms with Gasteiger partial charge in [0.05, 0.1) is 10.7 Å². The number of nitrogens with zero attached hydrogens (tertiary/aromatic N) is 1. The van der Waals surface area contributed by atoms with E-state index in [9.17, 15) is 0 Å². The molecule has 0 fully saturated rings. The van der Waals surface area contributed by atoms with Crippen LogP contribution in [0, 0.1) is 5.92 Å². The fraction of sp³-hybridized carbons (Fsp3) is 0.615. The van der Waals surface area contributed by atoms with Gasteiger partial charge in [-0.05, 0) is 12.0 Å². The summed E-state index contributed by atoms with van der Waals surface area (Å²) >= 11 is 7.64. The Morgan fingerprint density at radius 2 is 2.12 bits per heavy atom. The molecule has 1 aromatic rings. The number of rotatable bonds is 3. The highest BCUT2D eigenvalue weighted by molar-refractivity contribution is 7.09. The lowest BCUT2D eigenvalue weighted by molar-refractivity contribution is 0.585. The van der Waals surface area contributed by atoms with Crippen LogP contribution in [-0.2, 0) is 5.41 Å². The average Bonchev–Trinajstić information content (AvgIpc) is 2.61. The molecule has 16 heavy (non-hydrogen) atoms. The molecule has 1 rings (SSSR count). The molecule has 0 aromatic carbocycles. The molecule has 0 spiro atoms. The maximum absolute atomic E-state index is 5.92. The van der Waals surface area contributed by atoms with E-state index in [1.54, 1.807) is 11.3 Å². The third-order valence-corrected chi connectivity index (χ3v) is 3.99. The number of thiazole rings is 1. The van der Waals surface area contributed by atoms with Gasteiger partial charge in [-0.3, -0.25) is 0 Å². The van der Waals surface area contributed by atoms with Crippen LogP contribution in [0.3, 0.4) is 0 Å². The fourth-order valence-corrected chi connectivity index (χ4v) is 2.50. The van der Waals surface area contributed by atoms with Crippen molar-refractivity contribution in [2.45, 2.75) is 40.0 Å². The van der Waals surface area contributed by atoms with Gasteiger partial charge in [-0.1, -0.05) is 40.2 Å². The lowest BCUT2D eigenvalue weighted by Gasteiger charge is -2.13. The number of hydrogen-bond donors (Lipinski definition) is 0. The van der Waals surface area contributed by atoms with Gasteiger partial charge in [0.2, 0.25) is 0 Å². The minimum Gasteiger partial charge on any atom is -0.241 e. The summed E-state index contributed by atoms with van der Waals surface area (Å²) in [5, 5.41) is 3.28. The predicted octanol–water partition coefficient (Wildman–Crippen LogP) is 4.72. The van der Waals surface area contributed by atoms with Crippen LogP contribution < -0.4 is 0 Å². The van der Waals surface area contributed by atoms with E-state index in [2.05, 4.69) is 51.1 Å². The zero-order valence-corrected chi connectivity index (χ0v) is 12.2. The molecule has 0 saturated carbocycles. The molecule has 90 valence electrons. The summed E-state index contributed by atoms with van der Waals surface area (Å²) in [6.07, 6.45) is 2.11. The van der Waals surface area contributed by atoms with Crippen LogP contribution in [0.25, 0.3) is 6.08 Å². The van der Waals surface area contributed by atoms with E-state index < -0.39 is 0 Å². The predicted molar refractivity (Wildman–Crippen MR) is 74.3 cm³/mol. The molecule has 0 bridgehead atoms. The molecule has 1 heterocycles. The van der Waals surface area contributed by atoms with Crippen LogP contribution in [0.1, 0.15) is 45.3 Å². The summed E-state index contributed by atoms with van der Waals surface area (Å²) in [6, 6.07) is 0. The van der Waals surface area contributed by atoms with Crippen molar-refractivity contribution in [3.63, 3.8) is 0 Å². The Morgan fingerprint density at radius 1 is 1.50 bits per heavy atom. The smallest absolute Gasteiger partial charge is 0.0985 e. The molecule has 0 N–H and O–H groups in total. The largest absolute Gasteiger partial charge is 0.241 e. The zero-order valence-electron chi connectivity index (χ0n) is 10.7. The number of alkyl halides is 1. The topological polar surface area (TPSA) is 12.9 Å². The molecule has 1 nitrogen and oxygen atoms in total. The van der Waals surface area contributed by atoms with Gasteiger partial charge in [-0.25, -0.2) is 4.98 Å². The first-order valence-corrected chi connectivity index (χ1v) is 6.98. The molecule has 0 aliphatic heterocycles. The average molecular weight is 258 g/mol. The van der Waals surface area contributed by atoms with Crippen LogP contribution in [0.2, 0.25) is 0 Å². The monoisotopic (exact) mass is 257 g/mol. The highest BCUT2D eigenvalue weighted by Crippen LogP contribution is 2.27. The number of allylic oxidation sites excluding steroid dienone is 1. The van der Waals surface area contributed by atoms with Gasteiger partial charge in [0, 0.05) is 16.7 Å². The maximum atomic E-state index is 5.92. The van der Waals surface area contributed by atoms with Gasteiger partial charge in [0.15, 0.2) is 0 Å². The van der Waals surface area contributed by atoms with Crippen molar-refractivity contribution >= 4 is 29.0 Å². The van der Waals surface area contributed by atoms with Gasteiger partial charge in [0.1, 0.15) is 0 Å². The van der Waals surface area contributed by atoms with Gasteiger partial charge in [0.25, 0.3) is 0 Å². The van der Waals surface area contributed by atoms with E-state index in [1.807, 2.05) is 0 Å². The van der Waals surface area contributed by atoms with E-state index >= 15 is 0 Å². The Kier molecular flexibility index (Phi) is 4.57. The fourth-order valence-electron chi connectivity index (χ4n) is 1.25. The van der Waals surface area contributed by atoms with Gasteiger partial charge >= 0.3 is 0 Å². The van der Waals surface area contributed by atoms with Crippen LogP contribution >= 0.6 is 22.9 Å². The lowest BCUT2D eigenvalue weighted by Crippen LogP contribution is -2.10. The molecular weight excluding hydrogens is 238 g/mol. The van der Waals surface area contributed by atoms with Crippen molar-refractivity contribution in [1.82, 2.24) is 4.98 Å². The third-order valence-electron chi connectivity index (χ3n) is 2.39. The van der Waals surface area contributed by atoms with Crippen molar-refractivity contribution in [3.8, 4) is 0 Å². The van der Waals surface area contributed by atoms with Crippen molar-refractivity contribution in [2.75, 3.05) is 5.88 Å². The summed E-state index contributed by atoms with van der Waals surface area (Å²) in [5.41, 5.74) is 2.42. The van der Waals surface area contributed by atoms with E-state index in [1.165, 1.54) is 10.6 Å². The summed E-state index contributed by atoms with van der Waals surface area (Å²) < 4.78 is 0. The second-order valence-electron chi connectivity index (χ2n) is 5.34. The van der Waals surface area contributed by atoms with Gasteiger partial charge < -0.3 is 0 Å². The lowest BCUT2D eigenvalue weighted by atomic mass is 9.98. The van der Waals surface area contributed by atoms with Crippen LogP contribution in [0.5, 0.6) is 0 Å². The van der Waals surface area contributed by atoms with Crippen LogP contribution in [0.15, 0.2) is 11.0 Å². The van der Waals surface area contributed by atoms with Gasteiger partial charge in [-0.2, -0.15) is 0 Å². The maximum Gasteiger partial charge on any atom is 0.0985 e. The zero-order chi connectivity index (χ0) is 12.3. The second kappa shape index (κ2) is 5.33. The van der Waals surface area contributed by atoms with Crippen molar-refractivity contribution in [1.29, 1.82) is 0 Å². The van der Waals surface area contributed by atoms with E-state index in [4.69, 9.17) is 11.6 Å². The Labute approximate surface area is 108 Å². The first-order valence-electron chi connectivity index (χ1n) is 5.57. The van der Waals surface area contributed by atoms with Crippen molar-refractivity contribution in [3.05, 3.63) is 21.7 Å². The van der Waals surface area contributed by atoms with Crippen molar-refractivity contribution < 1.29 is 0 Å². The summed E-state index contributed by atoms with van der Waals surface area (Å²) in [6.45, 7) is 10.9. The Bertz CT molecular complexity index is 372. The molecular formula is C13H20ClNS. The molecule has 0 unspecified atom stereocenters. The highest BCUT2D eigenvalue weighted by atomic mass is 35.5. The number of hydrogen-bond acceptors (Lipinski definition) is 2. The van der Waals surface area contributed by atoms with E-state index in [0.29, 0.717) is 11.8 Å². The van der Waals surface area contributed by atoms with E-state index in [0.717, 1.165) is 5.69 Å². The molecule has 0 amide bonds. The van der Waals surface area contributed by atoms with Crippen LogP contribution in [-0.4, -0.2) is 10.9 Å². The minimum absolute atomic E-state index is 0.135. The summed E-state index contributed by atoms with van der Waals surface area (Å²) in [5.74, 6) is 1.07. The standard InChI is InChI=1S/C13H20ClNS/c1-9(2)10(7-14)6-11-8-16-12(15-11)13(3,4)5/h6,8-9H,7H2,1-5H3.